The van der Waals surface area contributed by atoms with E-state index in [0.29, 0.717) is 5.57 Å². The van der Waals surface area contributed by atoms with Crippen LogP contribution in [0.3, 0.4) is 0 Å². The van der Waals surface area contributed by atoms with Crippen LogP contribution in [0.2, 0.25) is 0 Å². The van der Waals surface area contributed by atoms with Crippen LogP contribution in [0.25, 0.3) is 0 Å². The van der Waals surface area contributed by atoms with Crippen molar-refractivity contribution in [1.29, 1.82) is 0 Å². The van der Waals surface area contributed by atoms with E-state index in [1.807, 2.05) is 0 Å². The number of carbonyl (C=O) groups excluding carboxylic acids is 1. The average molecular weight is 114 g/mol. The molecule has 0 aliphatic rings. The van der Waals surface area contributed by atoms with Gasteiger partial charge in [-0.05, 0) is 12.5 Å². The average Bonchev–Trinajstić information content (AvgIpc) is 1.65. The number of thiocarbonyl (C=S) groups is 1. The van der Waals surface area contributed by atoms with Crippen molar-refractivity contribution in [3.05, 3.63) is 12.2 Å². The molecular formula is C5H6OS. The van der Waals surface area contributed by atoms with E-state index >= 15 is 0 Å². The number of hydrogen-bond acceptors (Lipinski definition) is 2. The quantitative estimate of drug-likeness (QED) is 0.395. The molecule has 1 nitrogen and oxygen atoms in total. The highest BCUT2D eigenvalue weighted by Gasteiger charge is 1.91. The molecule has 0 heterocycles. The second-order valence-electron chi connectivity index (χ2n) is 1.26. The van der Waals surface area contributed by atoms with E-state index in [0.717, 1.165) is 5.37 Å². The van der Waals surface area contributed by atoms with Gasteiger partial charge in [0, 0.05) is 5.37 Å². The molecule has 0 unspecified atom stereocenters. The normalized spacial score (nSPS) is 7.57. The lowest BCUT2D eigenvalue weighted by Crippen LogP contribution is -1.95. The number of Topliss-reactive ketones (excluding diaryl/α,β-unsaturated/α-hetero) is 1. The minimum absolute atomic E-state index is 0.157. The van der Waals surface area contributed by atoms with Gasteiger partial charge in [-0.25, -0.2) is 0 Å². The van der Waals surface area contributed by atoms with Gasteiger partial charge in [0.1, 0.15) is 0 Å². The molecule has 0 aliphatic heterocycles. The molecule has 0 saturated carbocycles. The first-order valence-corrected chi connectivity index (χ1v) is 2.30. The molecule has 7 heavy (non-hydrogen) atoms. The SMILES string of the molecule is C=C(C)C(=O)C=S. The van der Waals surface area contributed by atoms with Crippen molar-refractivity contribution in [2.45, 2.75) is 6.92 Å². The van der Waals surface area contributed by atoms with Crippen molar-refractivity contribution in [2.24, 2.45) is 0 Å². The Bertz CT molecular complexity index is 115. The lowest BCUT2D eigenvalue weighted by atomic mass is 10.3. The Morgan fingerprint density at radius 2 is 2.29 bits per heavy atom. The lowest BCUT2D eigenvalue weighted by molar-refractivity contribution is -0.109. The molecule has 0 spiro atoms. The molecule has 0 aromatic heterocycles. The summed E-state index contributed by atoms with van der Waals surface area (Å²) in [4.78, 5) is 10.3. The topological polar surface area (TPSA) is 17.1 Å². The molecule has 0 atom stereocenters. The van der Waals surface area contributed by atoms with E-state index in [1.54, 1.807) is 6.92 Å². The van der Waals surface area contributed by atoms with Crippen LogP contribution in [0.4, 0.5) is 0 Å². The van der Waals surface area contributed by atoms with E-state index in [1.165, 1.54) is 0 Å². The number of ketones is 1. The Morgan fingerprint density at radius 3 is 2.29 bits per heavy atom. The van der Waals surface area contributed by atoms with Crippen LogP contribution in [0.1, 0.15) is 6.92 Å². The van der Waals surface area contributed by atoms with Gasteiger partial charge in [0.25, 0.3) is 0 Å². The Labute approximate surface area is 48.0 Å². The first-order valence-electron chi connectivity index (χ1n) is 1.83. The van der Waals surface area contributed by atoms with E-state index in [9.17, 15) is 4.79 Å². The molecule has 0 bridgehead atoms. The summed E-state index contributed by atoms with van der Waals surface area (Å²) in [7, 11) is 0. The molecule has 0 amide bonds. The Kier molecular flexibility index (Phi) is 2.45. The second-order valence-corrected chi connectivity index (χ2v) is 1.50. The van der Waals surface area contributed by atoms with Gasteiger partial charge in [0.15, 0.2) is 5.78 Å². The zero-order valence-corrected chi connectivity index (χ0v) is 4.92. The first-order chi connectivity index (χ1) is 3.18. The third-order valence-electron chi connectivity index (χ3n) is 0.528. The Morgan fingerprint density at radius 1 is 1.86 bits per heavy atom. The molecule has 0 aliphatic carbocycles. The number of hydrogen-bond donors (Lipinski definition) is 0. The third-order valence-corrected chi connectivity index (χ3v) is 0.742. The van der Waals surface area contributed by atoms with Crippen LogP contribution in [-0.2, 0) is 4.79 Å². The predicted octanol–water partition coefficient (Wildman–Crippen LogP) is 1.13. The zero-order valence-electron chi connectivity index (χ0n) is 4.10. The van der Waals surface area contributed by atoms with Crippen molar-refractivity contribution in [3.8, 4) is 0 Å². The fourth-order valence-corrected chi connectivity index (χ4v) is 0.302. The smallest absolute Gasteiger partial charge is 0.191 e. The van der Waals surface area contributed by atoms with Crippen LogP contribution in [0.5, 0.6) is 0 Å². The summed E-state index contributed by atoms with van der Waals surface area (Å²) in [5, 5.41) is 1.09. The highest BCUT2D eigenvalue weighted by molar-refractivity contribution is 7.80. The number of rotatable bonds is 2. The molecule has 0 radical (unpaired) electrons. The number of carbonyl (C=O) groups is 1. The molecule has 0 aromatic carbocycles. The molecular weight excluding hydrogens is 108 g/mol. The highest BCUT2D eigenvalue weighted by atomic mass is 32.1. The van der Waals surface area contributed by atoms with Crippen LogP contribution in [0, 0.1) is 0 Å². The maximum atomic E-state index is 10.3. The van der Waals surface area contributed by atoms with Gasteiger partial charge in [-0.15, -0.1) is 0 Å². The summed E-state index contributed by atoms with van der Waals surface area (Å²) in [5.74, 6) is -0.157. The highest BCUT2D eigenvalue weighted by Crippen LogP contribution is 1.84. The fraction of sp³-hybridized carbons (Fsp3) is 0.200. The summed E-state index contributed by atoms with van der Waals surface area (Å²) >= 11 is 4.32. The molecule has 38 valence electrons. The van der Waals surface area contributed by atoms with E-state index in [4.69, 9.17) is 0 Å². The lowest BCUT2D eigenvalue weighted by Gasteiger charge is -1.82. The van der Waals surface area contributed by atoms with Crippen LogP contribution >= 0.6 is 12.2 Å². The van der Waals surface area contributed by atoms with Gasteiger partial charge in [-0.3, -0.25) is 4.79 Å². The minimum atomic E-state index is -0.157. The van der Waals surface area contributed by atoms with Crippen molar-refractivity contribution in [1.82, 2.24) is 0 Å². The fourth-order valence-electron chi connectivity index (χ4n) is 0.101. The molecule has 0 fully saturated rings. The van der Waals surface area contributed by atoms with Crippen molar-refractivity contribution in [2.75, 3.05) is 0 Å². The van der Waals surface area contributed by atoms with Gasteiger partial charge in [0.2, 0.25) is 0 Å². The van der Waals surface area contributed by atoms with Crippen molar-refractivity contribution < 1.29 is 4.79 Å². The molecule has 0 rings (SSSR count). The first kappa shape index (κ1) is 6.50. The second kappa shape index (κ2) is 2.64. The molecule has 0 aromatic rings. The maximum Gasteiger partial charge on any atom is 0.191 e. The summed E-state index contributed by atoms with van der Waals surface area (Å²) in [6, 6.07) is 0. The van der Waals surface area contributed by atoms with Gasteiger partial charge in [-0.2, -0.15) is 0 Å². The van der Waals surface area contributed by atoms with Crippen LogP contribution < -0.4 is 0 Å². The predicted molar refractivity (Wildman–Crippen MR) is 33.5 cm³/mol. The standard InChI is InChI=1S/C5H6OS/c1-4(2)5(6)3-7/h3H,1H2,2H3. The van der Waals surface area contributed by atoms with E-state index in [-0.39, 0.29) is 5.78 Å². The Balaban J connectivity index is 3.81. The van der Waals surface area contributed by atoms with Crippen molar-refractivity contribution >= 4 is 23.4 Å². The molecule has 2 heteroatoms. The summed E-state index contributed by atoms with van der Waals surface area (Å²) < 4.78 is 0. The summed E-state index contributed by atoms with van der Waals surface area (Å²) in [5.41, 5.74) is 0.495. The Hall–Kier alpha value is -0.500. The van der Waals surface area contributed by atoms with Crippen LogP contribution in [-0.4, -0.2) is 11.2 Å². The minimum Gasteiger partial charge on any atom is -0.289 e. The van der Waals surface area contributed by atoms with E-state index < -0.39 is 0 Å². The van der Waals surface area contributed by atoms with Crippen LogP contribution in [0.15, 0.2) is 12.2 Å². The largest absolute Gasteiger partial charge is 0.289 e. The zero-order chi connectivity index (χ0) is 5.86. The molecule has 0 N–H and O–H groups in total. The monoisotopic (exact) mass is 114 g/mol. The van der Waals surface area contributed by atoms with Crippen molar-refractivity contribution in [3.63, 3.8) is 0 Å². The van der Waals surface area contributed by atoms with Gasteiger partial charge < -0.3 is 0 Å². The van der Waals surface area contributed by atoms with Gasteiger partial charge >= 0.3 is 0 Å². The maximum absolute atomic E-state index is 10.3. The van der Waals surface area contributed by atoms with E-state index in [2.05, 4.69) is 18.8 Å². The van der Waals surface area contributed by atoms with Gasteiger partial charge in [0.05, 0.1) is 0 Å². The number of allylic oxidation sites excluding steroid dienone is 1. The van der Waals surface area contributed by atoms with Gasteiger partial charge in [-0.1, -0.05) is 18.8 Å². The third kappa shape index (κ3) is 2.23. The summed E-state index contributed by atoms with van der Waals surface area (Å²) in [6.07, 6.45) is 0. The molecule has 0 saturated heterocycles. The summed E-state index contributed by atoms with van der Waals surface area (Å²) in [6.45, 7) is 5.01.